The maximum atomic E-state index is 13.5. The molecule has 0 radical (unpaired) electrons. The third kappa shape index (κ3) is 5.69. The lowest BCUT2D eigenvalue weighted by Gasteiger charge is -2.10. The molecule has 2 aromatic carbocycles. The third-order valence-corrected chi connectivity index (χ3v) is 3.65. The van der Waals surface area contributed by atoms with Crippen molar-refractivity contribution in [3.8, 4) is 0 Å². The van der Waals surface area contributed by atoms with E-state index in [0.29, 0.717) is 23.2 Å². The molecule has 2 amide bonds. The number of nitrogens with one attached hydrogen (secondary N) is 2. The number of hydrogen-bond acceptors (Lipinski definition) is 3. The van der Waals surface area contributed by atoms with Crippen LogP contribution in [0.5, 0.6) is 0 Å². The zero-order chi connectivity index (χ0) is 18.2. The number of rotatable bonds is 7. The van der Waals surface area contributed by atoms with Crippen LogP contribution in [0.15, 0.2) is 48.5 Å². The highest BCUT2D eigenvalue weighted by molar-refractivity contribution is 5.97. The van der Waals surface area contributed by atoms with E-state index in [9.17, 15) is 14.0 Å². The number of carbonyl (C=O) groups excluding carboxylic acids is 2. The van der Waals surface area contributed by atoms with Crippen LogP contribution in [0.25, 0.3) is 0 Å². The van der Waals surface area contributed by atoms with Gasteiger partial charge >= 0.3 is 0 Å². The van der Waals surface area contributed by atoms with Crippen LogP contribution in [-0.2, 0) is 6.54 Å². The van der Waals surface area contributed by atoms with E-state index in [4.69, 9.17) is 0 Å². The Balaban J connectivity index is 1.89. The van der Waals surface area contributed by atoms with Crippen molar-refractivity contribution in [1.82, 2.24) is 15.5 Å². The number of nitrogens with zero attached hydrogens (tertiary/aromatic N) is 1. The van der Waals surface area contributed by atoms with Crippen LogP contribution in [-0.4, -0.2) is 43.9 Å². The van der Waals surface area contributed by atoms with Crippen molar-refractivity contribution in [2.45, 2.75) is 6.54 Å². The molecule has 0 bridgehead atoms. The van der Waals surface area contributed by atoms with Gasteiger partial charge in [-0.2, -0.15) is 0 Å². The maximum Gasteiger partial charge on any atom is 0.251 e. The van der Waals surface area contributed by atoms with Gasteiger partial charge in [0.25, 0.3) is 11.8 Å². The first-order valence-corrected chi connectivity index (χ1v) is 8.02. The van der Waals surface area contributed by atoms with Gasteiger partial charge in [0.2, 0.25) is 0 Å². The number of hydrogen-bond donors (Lipinski definition) is 2. The Hall–Kier alpha value is -2.73. The summed E-state index contributed by atoms with van der Waals surface area (Å²) in [5.41, 5.74) is 1.33. The highest BCUT2D eigenvalue weighted by Gasteiger charge is 2.09. The minimum Gasteiger partial charge on any atom is -0.351 e. The molecule has 0 aromatic heterocycles. The maximum absolute atomic E-state index is 13.5. The van der Waals surface area contributed by atoms with Crippen LogP contribution < -0.4 is 10.6 Å². The fourth-order valence-electron chi connectivity index (χ4n) is 2.19. The van der Waals surface area contributed by atoms with Gasteiger partial charge in [-0.3, -0.25) is 9.59 Å². The van der Waals surface area contributed by atoms with Gasteiger partial charge in [-0.1, -0.05) is 18.2 Å². The molecule has 2 rings (SSSR count). The Labute approximate surface area is 146 Å². The molecule has 0 spiro atoms. The molecule has 0 saturated carbocycles. The summed E-state index contributed by atoms with van der Waals surface area (Å²) in [6.45, 7) is 1.41. The lowest BCUT2D eigenvalue weighted by atomic mass is 10.1. The molecule has 0 aliphatic heterocycles. The van der Waals surface area contributed by atoms with Gasteiger partial charge in [0, 0.05) is 36.3 Å². The molecule has 132 valence electrons. The zero-order valence-electron chi connectivity index (χ0n) is 14.4. The molecule has 6 heteroatoms. The van der Waals surface area contributed by atoms with E-state index in [1.165, 1.54) is 6.07 Å². The largest absolute Gasteiger partial charge is 0.351 e. The Morgan fingerprint density at radius 2 is 1.48 bits per heavy atom. The smallest absolute Gasteiger partial charge is 0.251 e. The summed E-state index contributed by atoms with van der Waals surface area (Å²) in [5.74, 6) is -0.851. The van der Waals surface area contributed by atoms with Crippen molar-refractivity contribution in [3.05, 3.63) is 71.0 Å². The summed E-state index contributed by atoms with van der Waals surface area (Å²) >= 11 is 0. The fraction of sp³-hybridized carbons (Fsp3) is 0.263. The van der Waals surface area contributed by atoms with E-state index in [1.807, 2.05) is 19.0 Å². The average molecular weight is 343 g/mol. The van der Waals surface area contributed by atoms with Crippen LogP contribution in [0.4, 0.5) is 4.39 Å². The topological polar surface area (TPSA) is 61.4 Å². The second-order valence-electron chi connectivity index (χ2n) is 5.91. The molecule has 2 aromatic rings. The molecule has 0 saturated heterocycles. The van der Waals surface area contributed by atoms with E-state index in [1.54, 1.807) is 42.5 Å². The van der Waals surface area contributed by atoms with Gasteiger partial charge < -0.3 is 15.5 Å². The second kappa shape index (κ2) is 8.94. The summed E-state index contributed by atoms with van der Waals surface area (Å²) in [4.78, 5) is 26.1. The minimum absolute atomic E-state index is 0.109. The summed E-state index contributed by atoms with van der Waals surface area (Å²) in [7, 11) is 3.86. The van der Waals surface area contributed by atoms with Crippen LogP contribution in [0.1, 0.15) is 26.3 Å². The highest BCUT2D eigenvalue weighted by Crippen LogP contribution is 2.08. The second-order valence-corrected chi connectivity index (χ2v) is 5.91. The molecule has 0 aliphatic rings. The Bertz CT molecular complexity index is 730. The van der Waals surface area contributed by atoms with Gasteiger partial charge in [-0.05, 0) is 44.4 Å². The molecule has 0 heterocycles. The summed E-state index contributed by atoms with van der Waals surface area (Å²) < 4.78 is 13.5. The minimum atomic E-state index is -0.354. The van der Waals surface area contributed by atoms with Crippen LogP contribution in [0, 0.1) is 5.82 Å². The van der Waals surface area contributed by atoms with Crippen molar-refractivity contribution in [1.29, 1.82) is 0 Å². The molecule has 0 fully saturated rings. The van der Waals surface area contributed by atoms with E-state index < -0.39 is 0 Å². The van der Waals surface area contributed by atoms with Gasteiger partial charge in [0.05, 0.1) is 0 Å². The Morgan fingerprint density at radius 1 is 0.920 bits per heavy atom. The summed E-state index contributed by atoms with van der Waals surface area (Å²) in [6, 6.07) is 12.7. The Morgan fingerprint density at radius 3 is 2.04 bits per heavy atom. The standard InChI is InChI=1S/C19H22FN3O2/c1-23(2)12-11-21-18(24)14-7-9-15(10-8-14)19(25)22-13-16-5-3-4-6-17(16)20/h3-10H,11-13H2,1-2H3,(H,21,24)(H,22,25). The van der Waals surface area contributed by atoms with E-state index >= 15 is 0 Å². The fourth-order valence-corrected chi connectivity index (χ4v) is 2.19. The van der Waals surface area contributed by atoms with Gasteiger partial charge in [-0.25, -0.2) is 4.39 Å². The molecule has 2 N–H and O–H groups in total. The molecular formula is C19H22FN3O2. The summed E-state index contributed by atoms with van der Waals surface area (Å²) in [6.07, 6.45) is 0. The third-order valence-electron chi connectivity index (χ3n) is 3.65. The number of amides is 2. The number of benzene rings is 2. The first kappa shape index (κ1) is 18.6. The molecule has 0 atom stereocenters. The lowest BCUT2D eigenvalue weighted by Crippen LogP contribution is -2.31. The van der Waals surface area contributed by atoms with E-state index in [2.05, 4.69) is 10.6 Å². The van der Waals surface area contributed by atoms with Crippen LogP contribution in [0.2, 0.25) is 0 Å². The number of halogens is 1. The van der Waals surface area contributed by atoms with Crippen molar-refractivity contribution in [2.75, 3.05) is 27.2 Å². The monoisotopic (exact) mass is 343 g/mol. The Kier molecular flexibility index (Phi) is 6.65. The van der Waals surface area contributed by atoms with Crippen molar-refractivity contribution in [3.63, 3.8) is 0 Å². The van der Waals surface area contributed by atoms with Crippen molar-refractivity contribution >= 4 is 11.8 Å². The van der Waals surface area contributed by atoms with Gasteiger partial charge in [-0.15, -0.1) is 0 Å². The van der Waals surface area contributed by atoms with Crippen molar-refractivity contribution in [2.24, 2.45) is 0 Å². The SMILES string of the molecule is CN(C)CCNC(=O)c1ccc(C(=O)NCc2ccccc2F)cc1. The lowest BCUT2D eigenvalue weighted by molar-refractivity contribution is 0.0939. The summed E-state index contributed by atoms with van der Waals surface area (Å²) in [5, 5.41) is 5.48. The van der Waals surface area contributed by atoms with Gasteiger partial charge in [0.15, 0.2) is 0 Å². The van der Waals surface area contributed by atoms with E-state index in [-0.39, 0.29) is 24.2 Å². The first-order valence-electron chi connectivity index (χ1n) is 8.02. The van der Waals surface area contributed by atoms with Crippen LogP contribution in [0.3, 0.4) is 0 Å². The van der Waals surface area contributed by atoms with E-state index in [0.717, 1.165) is 6.54 Å². The average Bonchev–Trinajstić information content (AvgIpc) is 2.60. The number of likely N-dealkylation sites (N-methyl/N-ethyl adjacent to an activating group) is 1. The predicted molar refractivity (Wildman–Crippen MR) is 94.9 cm³/mol. The predicted octanol–water partition coefficient (Wildman–Crippen LogP) is 2.05. The molecule has 0 unspecified atom stereocenters. The molecular weight excluding hydrogens is 321 g/mol. The quantitative estimate of drug-likeness (QED) is 0.809. The van der Waals surface area contributed by atoms with Crippen LogP contribution >= 0.6 is 0 Å². The molecule has 5 nitrogen and oxygen atoms in total. The first-order chi connectivity index (χ1) is 12.0. The highest BCUT2D eigenvalue weighted by atomic mass is 19.1. The van der Waals surface area contributed by atoms with Gasteiger partial charge in [0.1, 0.15) is 5.82 Å². The molecule has 0 aliphatic carbocycles. The number of carbonyl (C=O) groups is 2. The normalized spacial score (nSPS) is 10.6. The van der Waals surface area contributed by atoms with Crippen molar-refractivity contribution < 1.29 is 14.0 Å². The zero-order valence-corrected chi connectivity index (χ0v) is 14.4. The molecule has 25 heavy (non-hydrogen) atoms.